The van der Waals surface area contributed by atoms with Crippen LogP contribution in [0, 0.1) is 5.92 Å². The number of unbranched alkanes of at least 4 members (excludes halogenated alkanes) is 34. The summed E-state index contributed by atoms with van der Waals surface area (Å²) < 4.78 is 16.8. The van der Waals surface area contributed by atoms with Crippen LogP contribution in [0.1, 0.15) is 297 Å². The molecule has 0 heterocycles. The number of esters is 3. The summed E-state index contributed by atoms with van der Waals surface area (Å²) in [6.45, 7) is 9.06. The maximum Gasteiger partial charge on any atom is 0.306 e. The van der Waals surface area contributed by atoms with Gasteiger partial charge in [0.2, 0.25) is 0 Å². The number of rotatable bonds is 48. The summed E-state index contributed by atoms with van der Waals surface area (Å²) in [5, 5.41) is 0. The van der Waals surface area contributed by atoms with E-state index in [0.717, 1.165) is 63.7 Å². The lowest BCUT2D eigenvalue weighted by Crippen LogP contribution is -2.30. The van der Waals surface area contributed by atoms with Gasteiger partial charge in [-0.05, 0) is 25.2 Å². The minimum absolute atomic E-state index is 0.0628. The van der Waals surface area contributed by atoms with Crippen molar-refractivity contribution in [2.45, 2.75) is 303 Å². The molecular formula is C53H102O6. The average molecular weight is 835 g/mol. The SMILES string of the molecule is CCCCCCCCCCCCCCCCC(=O)OC[C@H](COC(=O)CCCCCCCCCCCCCCCCC(C)CC)OC(=O)CCCCCCCCCCC. The molecule has 0 aliphatic carbocycles. The number of ether oxygens (including phenoxy) is 3. The van der Waals surface area contributed by atoms with Crippen LogP contribution in [0.15, 0.2) is 0 Å². The molecule has 0 amide bonds. The minimum Gasteiger partial charge on any atom is -0.462 e. The van der Waals surface area contributed by atoms with E-state index in [-0.39, 0.29) is 31.1 Å². The van der Waals surface area contributed by atoms with Gasteiger partial charge in [-0.3, -0.25) is 14.4 Å². The number of hydrogen-bond donors (Lipinski definition) is 0. The number of carbonyl (C=O) groups is 3. The van der Waals surface area contributed by atoms with Crippen LogP contribution in [0.4, 0.5) is 0 Å². The third kappa shape index (κ3) is 45.8. The van der Waals surface area contributed by atoms with E-state index in [1.54, 1.807) is 0 Å². The lowest BCUT2D eigenvalue weighted by atomic mass is 9.99. The van der Waals surface area contributed by atoms with Crippen molar-refractivity contribution in [2.75, 3.05) is 13.2 Å². The van der Waals surface area contributed by atoms with E-state index < -0.39 is 6.10 Å². The van der Waals surface area contributed by atoms with Crippen LogP contribution in [-0.4, -0.2) is 37.2 Å². The number of carbonyl (C=O) groups excluding carboxylic acids is 3. The zero-order chi connectivity index (χ0) is 43.1. The van der Waals surface area contributed by atoms with Crippen molar-refractivity contribution in [1.29, 1.82) is 0 Å². The standard InChI is InChI=1S/C53H102O6/c1-5-8-10-12-14-16-17-18-22-25-29-32-36-40-44-51(54)57-47-50(59-53(56)46-42-38-34-27-15-13-11-9-6-2)48-58-52(55)45-41-37-33-30-26-23-20-19-21-24-28-31-35-39-43-49(4)7-3/h49-50H,5-48H2,1-4H3/t49?,50-/m1/s1. The van der Waals surface area contributed by atoms with Crippen molar-refractivity contribution in [3.63, 3.8) is 0 Å². The van der Waals surface area contributed by atoms with E-state index in [0.29, 0.717) is 19.3 Å². The van der Waals surface area contributed by atoms with Gasteiger partial charge >= 0.3 is 17.9 Å². The lowest BCUT2D eigenvalue weighted by Gasteiger charge is -2.18. The Morgan fingerprint density at radius 1 is 0.339 bits per heavy atom. The number of hydrogen-bond acceptors (Lipinski definition) is 6. The van der Waals surface area contributed by atoms with Crippen LogP contribution in [0.3, 0.4) is 0 Å². The predicted molar refractivity (Wildman–Crippen MR) is 252 cm³/mol. The first kappa shape index (κ1) is 57.4. The molecule has 59 heavy (non-hydrogen) atoms. The Labute approximate surface area is 368 Å². The van der Waals surface area contributed by atoms with E-state index in [9.17, 15) is 14.4 Å². The highest BCUT2D eigenvalue weighted by molar-refractivity contribution is 5.71. The van der Waals surface area contributed by atoms with Gasteiger partial charge in [0.05, 0.1) is 0 Å². The Morgan fingerprint density at radius 2 is 0.593 bits per heavy atom. The van der Waals surface area contributed by atoms with Gasteiger partial charge in [0, 0.05) is 19.3 Å². The van der Waals surface area contributed by atoms with Gasteiger partial charge in [0.15, 0.2) is 6.10 Å². The highest BCUT2D eigenvalue weighted by Gasteiger charge is 2.19. The zero-order valence-electron chi connectivity index (χ0n) is 40.2. The summed E-state index contributed by atoms with van der Waals surface area (Å²) >= 11 is 0. The van der Waals surface area contributed by atoms with Crippen LogP contribution in [0.5, 0.6) is 0 Å². The second-order valence-corrected chi connectivity index (χ2v) is 18.4. The minimum atomic E-state index is -0.759. The third-order valence-corrected chi connectivity index (χ3v) is 12.4. The van der Waals surface area contributed by atoms with Crippen LogP contribution in [0.25, 0.3) is 0 Å². The van der Waals surface area contributed by atoms with Gasteiger partial charge in [-0.15, -0.1) is 0 Å². The molecule has 0 N–H and O–H groups in total. The zero-order valence-corrected chi connectivity index (χ0v) is 40.2. The van der Waals surface area contributed by atoms with Crippen molar-refractivity contribution in [1.82, 2.24) is 0 Å². The molecule has 0 aromatic carbocycles. The predicted octanol–water partition coefficient (Wildman–Crippen LogP) is 17.1. The maximum absolute atomic E-state index is 12.7. The monoisotopic (exact) mass is 835 g/mol. The second-order valence-electron chi connectivity index (χ2n) is 18.4. The fourth-order valence-electron chi connectivity index (χ4n) is 8.01. The average Bonchev–Trinajstić information content (AvgIpc) is 3.23. The van der Waals surface area contributed by atoms with Gasteiger partial charge in [0.1, 0.15) is 13.2 Å². The second kappa shape index (κ2) is 47.5. The summed E-state index contributed by atoms with van der Waals surface area (Å²) in [6, 6.07) is 0. The van der Waals surface area contributed by atoms with E-state index in [1.165, 1.54) is 193 Å². The first-order chi connectivity index (χ1) is 28.9. The molecule has 0 aliphatic heterocycles. The van der Waals surface area contributed by atoms with Gasteiger partial charge < -0.3 is 14.2 Å². The summed E-state index contributed by atoms with van der Waals surface area (Å²) in [4.78, 5) is 37.9. The molecule has 6 nitrogen and oxygen atoms in total. The van der Waals surface area contributed by atoms with Crippen molar-refractivity contribution < 1.29 is 28.6 Å². The molecule has 1 unspecified atom stereocenters. The fourth-order valence-corrected chi connectivity index (χ4v) is 8.01. The molecule has 0 aromatic rings. The Balaban J connectivity index is 4.22. The molecule has 0 radical (unpaired) electrons. The summed E-state index contributed by atoms with van der Waals surface area (Å²) in [5.41, 5.74) is 0. The van der Waals surface area contributed by atoms with Crippen molar-refractivity contribution in [3.05, 3.63) is 0 Å². The van der Waals surface area contributed by atoms with Gasteiger partial charge in [-0.1, -0.05) is 259 Å². The van der Waals surface area contributed by atoms with Crippen LogP contribution < -0.4 is 0 Å². The van der Waals surface area contributed by atoms with Crippen LogP contribution in [0.2, 0.25) is 0 Å². The Bertz CT molecular complexity index is 889. The molecule has 6 heteroatoms. The van der Waals surface area contributed by atoms with Crippen molar-refractivity contribution >= 4 is 17.9 Å². The van der Waals surface area contributed by atoms with Gasteiger partial charge in [-0.25, -0.2) is 0 Å². The van der Waals surface area contributed by atoms with Crippen LogP contribution >= 0.6 is 0 Å². The van der Waals surface area contributed by atoms with Crippen molar-refractivity contribution in [3.8, 4) is 0 Å². The molecule has 0 aromatic heterocycles. The van der Waals surface area contributed by atoms with Gasteiger partial charge in [0.25, 0.3) is 0 Å². The molecular weight excluding hydrogens is 733 g/mol. The first-order valence-corrected chi connectivity index (χ1v) is 26.4. The molecule has 0 spiro atoms. The lowest BCUT2D eigenvalue weighted by molar-refractivity contribution is -0.167. The molecule has 0 aliphatic rings. The fraction of sp³-hybridized carbons (Fsp3) is 0.943. The topological polar surface area (TPSA) is 78.9 Å². The normalized spacial score (nSPS) is 12.4. The summed E-state index contributed by atoms with van der Waals surface area (Å²) in [5.74, 6) is 0.0503. The Morgan fingerprint density at radius 3 is 0.881 bits per heavy atom. The Kier molecular flexibility index (Phi) is 46.2. The molecule has 0 rings (SSSR count). The molecule has 0 saturated carbocycles. The molecule has 2 atom stereocenters. The molecule has 0 fully saturated rings. The molecule has 350 valence electrons. The first-order valence-electron chi connectivity index (χ1n) is 26.4. The third-order valence-electron chi connectivity index (χ3n) is 12.4. The molecule has 0 saturated heterocycles. The summed E-state index contributed by atoms with van der Waals surface area (Å²) in [7, 11) is 0. The largest absolute Gasteiger partial charge is 0.462 e. The molecule has 0 bridgehead atoms. The highest BCUT2D eigenvalue weighted by Crippen LogP contribution is 2.18. The highest BCUT2D eigenvalue weighted by atomic mass is 16.6. The van der Waals surface area contributed by atoms with E-state index in [1.807, 2.05) is 0 Å². The smallest absolute Gasteiger partial charge is 0.306 e. The van der Waals surface area contributed by atoms with E-state index >= 15 is 0 Å². The van der Waals surface area contributed by atoms with Crippen molar-refractivity contribution in [2.24, 2.45) is 5.92 Å². The van der Waals surface area contributed by atoms with E-state index in [4.69, 9.17) is 14.2 Å². The maximum atomic E-state index is 12.7. The van der Waals surface area contributed by atoms with Gasteiger partial charge in [-0.2, -0.15) is 0 Å². The quantitative estimate of drug-likeness (QED) is 0.0345. The van der Waals surface area contributed by atoms with E-state index in [2.05, 4.69) is 27.7 Å². The Hall–Kier alpha value is -1.59. The van der Waals surface area contributed by atoms with Crippen LogP contribution in [-0.2, 0) is 28.6 Å². The summed E-state index contributed by atoms with van der Waals surface area (Å²) in [6.07, 6.45) is 49.4.